The number of thiazole rings is 1. The number of aromatic nitrogens is 1. The van der Waals surface area contributed by atoms with E-state index in [1.807, 2.05) is 25.1 Å². The SMILES string of the molecule is CC(=O)c1sc(CNc2ccccc2C)nc1C. The first-order chi connectivity index (χ1) is 8.58. The number of aryl methyl sites for hydroxylation is 2. The van der Waals surface area contributed by atoms with Gasteiger partial charge in [0.05, 0.1) is 17.1 Å². The Hall–Kier alpha value is -1.68. The Morgan fingerprint density at radius 3 is 2.67 bits per heavy atom. The molecule has 2 rings (SSSR count). The zero-order valence-corrected chi connectivity index (χ0v) is 11.6. The van der Waals surface area contributed by atoms with Crippen molar-refractivity contribution in [3.05, 3.63) is 45.4 Å². The van der Waals surface area contributed by atoms with Gasteiger partial charge in [-0.2, -0.15) is 0 Å². The topological polar surface area (TPSA) is 42.0 Å². The predicted octanol–water partition coefficient (Wildman–Crippen LogP) is 3.57. The Morgan fingerprint density at radius 2 is 2.06 bits per heavy atom. The summed E-state index contributed by atoms with van der Waals surface area (Å²) in [6.07, 6.45) is 0. The highest BCUT2D eigenvalue weighted by Gasteiger charge is 2.11. The minimum Gasteiger partial charge on any atom is -0.378 e. The van der Waals surface area contributed by atoms with Gasteiger partial charge in [0.25, 0.3) is 0 Å². The molecule has 1 aromatic carbocycles. The van der Waals surface area contributed by atoms with Crippen molar-refractivity contribution in [2.24, 2.45) is 0 Å². The average molecular weight is 260 g/mol. The van der Waals surface area contributed by atoms with Gasteiger partial charge >= 0.3 is 0 Å². The molecule has 0 saturated carbocycles. The Morgan fingerprint density at radius 1 is 1.33 bits per heavy atom. The molecule has 0 aliphatic rings. The van der Waals surface area contributed by atoms with Crippen LogP contribution < -0.4 is 5.32 Å². The molecule has 0 spiro atoms. The van der Waals surface area contributed by atoms with Gasteiger partial charge in [-0.3, -0.25) is 4.79 Å². The van der Waals surface area contributed by atoms with Gasteiger partial charge in [0.15, 0.2) is 5.78 Å². The highest BCUT2D eigenvalue weighted by Crippen LogP contribution is 2.20. The summed E-state index contributed by atoms with van der Waals surface area (Å²) in [5.41, 5.74) is 3.14. The minimum absolute atomic E-state index is 0.0899. The lowest BCUT2D eigenvalue weighted by molar-refractivity contribution is 0.102. The molecule has 1 heterocycles. The second kappa shape index (κ2) is 5.31. The highest BCUT2D eigenvalue weighted by atomic mass is 32.1. The van der Waals surface area contributed by atoms with Gasteiger partial charge in [0, 0.05) is 12.6 Å². The number of ketones is 1. The molecule has 18 heavy (non-hydrogen) atoms. The summed E-state index contributed by atoms with van der Waals surface area (Å²) in [4.78, 5) is 16.5. The number of carbonyl (C=O) groups excluding carboxylic acids is 1. The maximum Gasteiger partial charge on any atom is 0.171 e. The number of benzene rings is 1. The van der Waals surface area contributed by atoms with Crippen LogP contribution >= 0.6 is 11.3 Å². The molecule has 2 aromatic rings. The average Bonchev–Trinajstić information content (AvgIpc) is 2.70. The van der Waals surface area contributed by atoms with Crippen molar-refractivity contribution in [1.82, 2.24) is 4.98 Å². The molecule has 0 atom stereocenters. The molecule has 0 saturated heterocycles. The number of hydrogen-bond acceptors (Lipinski definition) is 4. The fourth-order valence-corrected chi connectivity index (χ4v) is 2.70. The molecule has 0 aliphatic carbocycles. The molecule has 0 amide bonds. The van der Waals surface area contributed by atoms with Gasteiger partial charge < -0.3 is 5.32 Å². The van der Waals surface area contributed by atoms with Gasteiger partial charge in [0.2, 0.25) is 0 Å². The van der Waals surface area contributed by atoms with E-state index in [1.54, 1.807) is 6.92 Å². The molecular formula is C14H16N2OS. The quantitative estimate of drug-likeness (QED) is 0.854. The van der Waals surface area contributed by atoms with Crippen molar-refractivity contribution >= 4 is 22.8 Å². The van der Waals surface area contributed by atoms with Crippen LogP contribution in [0.1, 0.15) is 32.9 Å². The van der Waals surface area contributed by atoms with Crippen LogP contribution in [-0.2, 0) is 6.54 Å². The van der Waals surface area contributed by atoms with E-state index in [0.29, 0.717) is 6.54 Å². The highest BCUT2D eigenvalue weighted by molar-refractivity contribution is 7.13. The van der Waals surface area contributed by atoms with Crippen molar-refractivity contribution in [1.29, 1.82) is 0 Å². The van der Waals surface area contributed by atoms with Crippen molar-refractivity contribution < 1.29 is 4.79 Å². The van der Waals surface area contributed by atoms with E-state index >= 15 is 0 Å². The van der Waals surface area contributed by atoms with Crippen LogP contribution in [0.2, 0.25) is 0 Å². The molecule has 1 N–H and O–H groups in total. The number of anilines is 1. The van der Waals surface area contributed by atoms with Gasteiger partial charge in [-0.25, -0.2) is 4.98 Å². The van der Waals surface area contributed by atoms with Crippen LogP contribution in [0.15, 0.2) is 24.3 Å². The van der Waals surface area contributed by atoms with E-state index < -0.39 is 0 Å². The zero-order valence-electron chi connectivity index (χ0n) is 10.8. The molecule has 4 heteroatoms. The molecule has 0 bridgehead atoms. The number of para-hydroxylation sites is 1. The van der Waals surface area contributed by atoms with Crippen LogP contribution in [0.25, 0.3) is 0 Å². The third-order valence-electron chi connectivity index (χ3n) is 2.74. The summed E-state index contributed by atoms with van der Waals surface area (Å²) in [5.74, 6) is 0.0899. The zero-order chi connectivity index (χ0) is 13.1. The second-order valence-electron chi connectivity index (χ2n) is 4.25. The Bertz CT molecular complexity index is 575. The third-order valence-corrected chi connectivity index (χ3v) is 3.99. The summed E-state index contributed by atoms with van der Waals surface area (Å²) in [6, 6.07) is 8.13. The lowest BCUT2D eigenvalue weighted by Gasteiger charge is -2.06. The number of Topliss-reactive ketones (excluding diaryl/α,β-unsaturated/α-hetero) is 1. The van der Waals surface area contributed by atoms with E-state index in [4.69, 9.17) is 0 Å². The summed E-state index contributed by atoms with van der Waals surface area (Å²) in [5, 5.41) is 4.29. The summed E-state index contributed by atoms with van der Waals surface area (Å²) >= 11 is 1.47. The van der Waals surface area contributed by atoms with Gasteiger partial charge in [0.1, 0.15) is 5.01 Å². The third kappa shape index (κ3) is 2.76. The van der Waals surface area contributed by atoms with Crippen LogP contribution in [0.5, 0.6) is 0 Å². The Balaban J connectivity index is 2.09. The Kier molecular flexibility index (Phi) is 3.77. The molecule has 1 aromatic heterocycles. The minimum atomic E-state index is 0.0899. The molecule has 0 fully saturated rings. The van der Waals surface area contributed by atoms with Gasteiger partial charge in [-0.05, 0) is 25.5 Å². The molecule has 0 radical (unpaired) electrons. The Labute approximate surface area is 111 Å². The van der Waals surface area contributed by atoms with E-state index in [0.717, 1.165) is 21.3 Å². The first-order valence-electron chi connectivity index (χ1n) is 5.84. The molecule has 0 unspecified atom stereocenters. The number of hydrogen-bond donors (Lipinski definition) is 1. The molecule has 3 nitrogen and oxygen atoms in total. The van der Waals surface area contributed by atoms with E-state index in [-0.39, 0.29) is 5.78 Å². The van der Waals surface area contributed by atoms with Crippen molar-refractivity contribution in [2.45, 2.75) is 27.3 Å². The fourth-order valence-electron chi connectivity index (χ4n) is 1.80. The van der Waals surface area contributed by atoms with Crippen LogP contribution in [0, 0.1) is 13.8 Å². The summed E-state index contributed by atoms with van der Waals surface area (Å²) in [6.45, 7) is 6.18. The van der Waals surface area contributed by atoms with Crippen molar-refractivity contribution in [2.75, 3.05) is 5.32 Å². The number of carbonyl (C=O) groups is 1. The first kappa shape index (κ1) is 12.8. The maximum absolute atomic E-state index is 11.4. The normalized spacial score (nSPS) is 10.4. The van der Waals surface area contributed by atoms with Gasteiger partial charge in [-0.15, -0.1) is 11.3 Å². The molecule has 0 aliphatic heterocycles. The van der Waals surface area contributed by atoms with E-state index in [2.05, 4.69) is 23.3 Å². The summed E-state index contributed by atoms with van der Waals surface area (Å²) in [7, 11) is 0. The first-order valence-corrected chi connectivity index (χ1v) is 6.66. The second-order valence-corrected chi connectivity index (χ2v) is 5.33. The van der Waals surface area contributed by atoms with Crippen LogP contribution in [-0.4, -0.2) is 10.8 Å². The van der Waals surface area contributed by atoms with Crippen LogP contribution in [0.4, 0.5) is 5.69 Å². The van der Waals surface area contributed by atoms with Crippen molar-refractivity contribution in [3.8, 4) is 0 Å². The van der Waals surface area contributed by atoms with Gasteiger partial charge in [-0.1, -0.05) is 18.2 Å². The number of rotatable bonds is 4. The standard InChI is InChI=1S/C14H16N2OS/c1-9-6-4-5-7-12(9)15-8-13-16-10(2)14(18-13)11(3)17/h4-7,15H,8H2,1-3H3. The van der Waals surface area contributed by atoms with Crippen LogP contribution in [0.3, 0.4) is 0 Å². The fraction of sp³-hybridized carbons (Fsp3) is 0.286. The molecular weight excluding hydrogens is 244 g/mol. The lowest BCUT2D eigenvalue weighted by atomic mass is 10.2. The monoisotopic (exact) mass is 260 g/mol. The number of nitrogens with one attached hydrogen (secondary N) is 1. The predicted molar refractivity (Wildman–Crippen MR) is 75.4 cm³/mol. The lowest BCUT2D eigenvalue weighted by Crippen LogP contribution is -2.00. The molecule has 94 valence electrons. The van der Waals surface area contributed by atoms with Crippen molar-refractivity contribution in [3.63, 3.8) is 0 Å². The largest absolute Gasteiger partial charge is 0.378 e. The van der Waals surface area contributed by atoms with E-state index in [9.17, 15) is 4.79 Å². The number of nitrogens with zero attached hydrogens (tertiary/aromatic N) is 1. The maximum atomic E-state index is 11.4. The smallest absolute Gasteiger partial charge is 0.171 e. The summed E-state index contributed by atoms with van der Waals surface area (Å²) < 4.78 is 0. The van der Waals surface area contributed by atoms with E-state index in [1.165, 1.54) is 16.9 Å².